The highest BCUT2D eigenvalue weighted by atomic mass is 35.5. The normalized spacial score (nSPS) is 10.6. The van der Waals surface area contributed by atoms with E-state index in [1.54, 1.807) is 30.3 Å². The van der Waals surface area contributed by atoms with Gasteiger partial charge in [-0.15, -0.1) is 0 Å². The van der Waals surface area contributed by atoms with Crippen LogP contribution in [0.3, 0.4) is 0 Å². The summed E-state index contributed by atoms with van der Waals surface area (Å²) in [6, 6.07) is 8.23. The summed E-state index contributed by atoms with van der Waals surface area (Å²) < 4.78 is 16.7. The first kappa shape index (κ1) is 19.5. The second-order valence-corrected chi connectivity index (χ2v) is 6.18. The van der Waals surface area contributed by atoms with Gasteiger partial charge in [-0.1, -0.05) is 11.6 Å². The highest BCUT2D eigenvalue weighted by molar-refractivity contribution is 6.32. The van der Waals surface area contributed by atoms with E-state index in [2.05, 4.69) is 10.4 Å². The van der Waals surface area contributed by atoms with Crippen LogP contribution in [0.4, 0.5) is 5.69 Å². The Balaban J connectivity index is 1.89. The zero-order valence-corrected chi connectivity index (χ0v) is 16.2. The van der Waals surface area contributed by atoms with Crippen LogP contribution in [-0.2, 0) is 11.3 Å². The molecule has 0 spiro atoms. The molecule has 0 aliphatic carbocycles. The second-order valence-electron chi connectivity index (χ2n) is 5.77. The molecule has 0 saturated heterocycles. The number of anilines is 1. The third-order valence-electron chi connectivity index (χ3n) is 4.09. The molecule has 0 bridgehead atoms. The zero-order chi connectivity index (χ0) is 20.3. The van der Waals surface area contributed by atoms with Gasteiger partial charge in [0.25, 0.3) is 5.56 Å². The second kappa shape index (κ2) is 8.18. The van der Waals surface area contributed by atoms with E-state index in [0.717, 1.165) is 4.68 Å². The van der Waals surface area contributed by atoms with Gasteiger partial charge in [0.15, 0.2) is 11.5 Å². The van der Waals surface area contributed by atoms with Crippen LogP contribution in [-0.4, -0.2) is 37.0 Å². The standard InChI is InChI=1S/C19H18ClN3O5/c1-26-14-7-5-12(8-13(14)20)22-16(24)10-23-19(25)17-11(9-21-23)4-6-15(27-2)18(17)28-3/h4-9H,10H2,1-3H3,(H,22,24). The van der Waals surface area contributed by atoms with Crippen LogP contribution in [0.2, 0.25) is 5.02 Å². The molecule has 9 heteroatoms. The molecule has 0 aliphatic heterocycles. The number of nitrogens with one attached hydrogen (secondary N) is 1. The van der Waals surface area contributed by atoms with Crippen molar-refractivity contribution in [1.29, 1.82) is 0 Å². The lowest BCUT2D eigenvalue weighted by Crippen LogP contribution is -2.29. The molecule has 0 aliphatic rings. The van der Waals surface area contributed by atoms with Crippen LogP contribution in [0.5, 0.6) is 17.2 Å². The van der Waals surface area contributed by atoms with Crippen molar-refractivity contribution in [2.24, 2.45) is 0 Å². The maximum absolute atomic E-state index is 12.8. The summed E-state index contributed by atoms with van der Waals surface area (Å²) in [4.78, 5) is 25.2. The molecule has 3 rings (SSSR count). The zero-order valence-electron chi connectivity index (χ0n) is 15.5. The van der Waals surface area contributed by atoms with Crippen molar-refractivity contribution in [1.82, 2.24) is 9.78 Å². The molecule has 1 amide bonds. The maximum atomic E-state index is 12.8. The van der Waals surface area contributed by atoms with Crippen molar-refractivity contribution < 1.29 is 19.0 Å². The van der Waals surface area contributed by atoms with Gasteiger partial charge in [-0.3, -0.25) is 9.59 Å². The third-order valence-corrected chi connectivity index (χ3v) is 4.39. The number of benzene rings is 2. The van der Waals surface area contributed by atoms with Crippen LogP contribution in [0.15, 0.2) is 41.3 Å². The van der Waals surface area contributed by atoms with Crippen molar-refractivity contribution >= 4 is 34.0 Å². The number of fused-ring (bicyclic) bond motifs is 1. The van der Waals surface area contributed by atoms with E-state index in [0.29, 0.717) is 33.3 Å². The number of hydrogen-bond acceptors (Lipinski definition) is 6. The summed E-state index contributed by atoms with van der Waals surface area (Å²) in [6.45, 7) is -0.279. The molecule has 1 aromatic heterocycles. The lowest BCUT2D eigenvalue weighted by molar-refractivity contribution is -0.117. The van der Waals surface area contributed by atoms with Gasteiger partial charge in [0.1, 0.15) is 12.3 Å². The molecule has 2 aromatic carbocycles. The van der Waals surface area contributed by atoms with Crippen LogP contribution < -0.4 is 25.1 Å². The molecular formula is C19H18ClN3O5. The van der Waals surface area contributed by atoms with Crippen molar-refractivity contribution in [2.45, 2.75) is 6.54 Å². The molecule has 0 atom stereocenters. The molecule has 1 heterocycles. The number of ether oxygens (including phenoxy) is 3. The van der Waals surface area contributed by atoms with Gasteiger partial charge in [0.2, 0.25) is 5.91 Å². The van der Waals surface area contributed by atoms with E-state index in [1.807, 2.05) is 0 Å². The van der Waals surface area contributed by atoms with E-state index in [-0.39, 0.29) is 11.9 Å². The van der Waals surface area contributed by atoms with Crippen molar-refractivity contribution in [3.05, 3.63) is 51.9 Å². The van der Waals surface area contributed by atoms with Gasteiger partial charge in [0.05, 0.1) is 37.9 Å². The molecule has 8 nitrogen and oxygen atoms in total. The molecule has 3 aromatic rings. The number of amides is 1. The molecule has 0 saturated carbocycles. The van der Waals surface area contributed by atoms with Crippen LogP contribution in [0.1, 0.15) is 0 Å². The van der Waals surface area contributed by atoms with E-state index < -0.39 is 11.5 Å². The fourth-order valence-corrected chi connectivity index (χ4v) is 3.03. The Morgan fingerprint density at radius 3 is 2.46 bits per heavy atom. The number of rotatable bonds is 6. The number of methoxy groups -OCH3 is 3. The Morgan fingerprint density at radius 1 is 1.11 bits per heavy atom. The molecule has 28 heavy (non-hydrogen) atoms. The van der Waals surface area contributed by atoms with Crippen LogP contribution >= 0.6 is 11.6 Å². The monoisotopic (exact) mass is 403 g/mol. The van der Waals surface area contributed by atoms with Crippen LogP contribution in [0, 0.1) is 0 Å². The summed E-state index contributed by atoms with van der Waals surface area (Å²) in [6.07, 6.45) is 1.50. The largest absolute Gasteiger partial charge is 0.495 e. The van der Waals surface area contributed by atoms with E-state index in [9.17, 15) is 9.59 Å². The predicted octanol–water partition coefficient (Wildman–Crippen LogP) is 2.71. The Bertz CT molecular complexity index is 1100. The van der Waals surface area contributed by atoms with Gasteiger partial charge >= 0.3 is 0 Å². The highest BCUT2D eigenvalue weighted by Crippen LogP contribution is 2.32. The topological polar surface area (TPSA) is 91.7 Å². The summed E-state index contributed by atoms with van der Waals surface area (Å²) in [7, 11) is 4.43. The number of hydrogen-bond donors (Lipinski definition) is 1. The smallest absolute Gasteiger partial charge is 0.279 e. The summed E-state index contributed by atoms with van der Waals surface area (Å²) in [5.41, 5.74) is 0.0139. The maximum Gasteiger partial charge on any atom is 0.279 e. The first-order valence-corrected chi connectivity index (χ1v) is 8.60. The Morgan fingerprint density at radius 2 is 1.82 bits per heavy atom. The molecule has 0 radical (unpaired) electrons. The summed E-state index contributed by atoms with van der Waals surface area (Å²) in [5.74, 6) is 0.774. The Labute approximate surface area is 165 Å². The number of halogens is 1. The molecule has 0 fully saturated rings. The Kier molecular flexibility index (Phi) is 5.70. The minimum atomic E-state index is -0.462. The average molecular weight is 404 g/mol. The number of aromatic nitrogens is 2. The van der Waals surface area contributed by atoms with Gasteiger partial charge in [-0.05, 0) is 30.3 Å². The number of carbonyl (C=O) groups is 1. The lowest BCUT2D eigenvalue weighted by atomic mass is 10.1. The first-order chi connectivity index (χ1) is 13.5. The predicted molar refractivity (Wildman–Crippen MR) is 106 cm³/mol. The first-order valence-electron chi connectivity index (χ1n) is 8.22. The number of nitrogens with zero attached hydrogens (tertiary/aromatic N) is 2. The summed E-state index contributed by atoms with van der Waals surface area (Å²) >= 11 is 6.06. The van der Waals surface area contributed by atoms with E-state index in [1.165, 1.54) is 27.5 Å². The SMILES string of the molecule is COc1ccc(NC(=O)Cn2ncc3ccc(OC)c(OC)c3c2=O)cc1Cl. The van der Waals surface area contributed by atoms with Gasteiger partial charge in [-0.2, -0.15) is 5.10 Å². The van der Waals surface area contributed by atoms with Gasteiger partial charge in [0, 0.05) is 11.1 Å². The fraction of sp³-hybridized carbons (Fsp3) is 0.211. The van der Waals surface area contributed by atoms with Crippen molar-refractivity contribution in [3.63, 3.8) is 0 Å². The average Bonchev–Trinajstić information content (AvgIpc) is 2.69. The van der Waals surface area contributed by atoms with Gasteiger partial charge < -0.3 is 19.5 Å². The highest BCUT2D eigenvalue weighted by Gasteiger charge is 2.16. The Hall–Kier alpha value is -3.26. The van der Waals surface area contributed by atoms with Crippen LogP contribution in [0.25, 0.3) is 10.8 Å². The minimum absolute atomic E-state index is 0.279. The van der Waals surface area contributed by atoms with E-state index in [4.69, 9.17) is 25.8 Å². The molecule has 0 unspecified atom stereocenters. The lowest BCUT2D eigenvalue weighted by Gasteiger charge is -2.12. The molecular weight excluding hydrogens is 386 g/mol. The van der Waals surface area contributed by atoms with Crippen molar-refractivity contribution in [2.75, 3.05) is 26.6 Å². The fourth-order valence-electron chi connectivity index (χ4n) is 2.78. The number of carbonyl (C=O) groups excluding carboxylic acids is 1. The van der Waals surface area contributed by atoms with Gasteiger partial charge in [-0.25, -0.2) is 4.68 Å². The minimum Gasteiger partial charge on any atom is -0.495 e. The van der Waals surface area contributed by atoms with Crippen molar-refractivity contribution in [3.8, 4) is 17.2 Å². The molecule has 1 N–H and O–H groups in total. The quantitative estimate of drug-likeness (QED) is 0.680. The summed E-state index contributed by atoms with van der Waals surface area (Å²) in [5, 5.41) is 7.97. The molecule has 146 valence electrons. The third kappa shape index (κ3) is 3.72. The van der Waals surface area contributed by atoms with E-state index >= 15 is 0 Å².